The van der Waals surface area contributed by atoms with E-state index in [9.17, 15) is 0 Å². The summed E-state index contributed by atoms with van der Waals surface area (Å²) >= 11 is 1.84. The second kappa shape index (κ2) is 9.13. The lowest BCUT2D eigenvalue weighted by Gasteiger charge is -2.15. The maximum Gasteiger partial charge on any atom is 0.0902 e. The molecule has 0 atom stereocenters. The number of rotatable bonds is 3. The summed E-state index contributed by atoms with van der Waals surface area (Å²) in [5.74, 6) is 0. The van der Waals surface area contributed by atoms with Gasteiger partial charge in [0.25, 0.3) is 0 Å². The number of thiophene rings is 1. The van der Waals surface area contributed by atoms with Crippen molar-refractivity contribution in [3.05, 3.63) is 146 Å². The molecule has 0 saturated heterocycles. The molecule has 0 amide bonds. The van der Waals surface area contributed by atoms with Crippen LogP contribution < -0.4 is 0 Å². The Morgan fingerprint density at radius 1 is 0.476 bits per heavy atom. The molecule has 3 aromatic heterocycles. The van der Waals surface area contributed by atoms with Gasteiger partial charge in [-0.3, -0.25) is 4.98 Å². The standard InChI is InChI=1S/C39H24N2S/c1-3-11-25(12-4-1)27-21-28(26-13-5-2-6-14-26)23-29(22-27)41-35-17-9-7-15-30(35)34-24-40-37-33(38(34)41)20-19-32-31-16-8-10-18-36(31)42-39(32)37/h1-24H. The van der Waals surface area contributed by atoms with Crippen LogP contribution in [-0.2, 0) is 0 Å². The van der Waals surface area contributed by atoms with Crippen LogP contribution in [-0.4, -0.2) is 9.55 Å². The monoisotopic (exact) mass is 552 g/mol. The van der Waals surface area contributed by atoms with Crippen molar-refractivity contribution in [1.82, 2.24) is 9.55 Å². The van der Waals surface area contributed by atoms with E-state index in [1.165, 1.54) is 69.6 Å². The molecule has 3 heteroatoms. The fraction of sp³-hybridized carbons (Fsp3) is 0. The highest BCUT2D eigenvalue weighted by Gasteiger charge is 2.19. The Labute approximate surface area is 246 Å². The molecule has 0 saturated carbocycles. The molecule has 6 aromatic carbocycles. The summed E-state index contributed by atoms with van der Waals surface area (Å²) in [6, 6.07) is 50.3. The van der Waals surface area contributed by atoms with Gasteiger partial charge in [0.05, 0.1) is 21.3 Å². The molecule has 0 N–H and O–H groups in total. The van der Waals surface area contributed by atoms with Crippen molar-refractivity contribution in [2.45, 2.75) is 0 Å². The quantitative estimate of drug-likeness (QED) is 0.213. The van der Waals surface area contributed by atoms with Gasteiger partial charge in [-0.1, -0.05) is 103 Å². The second-order valence-electron chi connectivity index (χ2n) is 10.8. The molecule has 0 aliphatic heterocycles. The molecule has 0 spiro atoms. The minimum absolute atomic E-state index is 1.06. The van der Waals surface area contributed by atoms with Gasteiger partial charge in [-0.15, -0.1) is 11.3 Å². The zero-order valence-corrected chi connectivity index (χ0v) is 23.5. The van der Waals surface area contributed by atoms with Crippen LogP contribution in [0.15, 0.2) is 146 Å². The largest absolute Gasteiger partial charge is 0.308 e. The predicted molar refractivity (Wildman–Crippen MR) is 180 cm³/mol. The number of nitrogens with zero attached hydrogens (tertiary/aromatic N) is 2. The maximum atomic E-state index is 5.12. The fourth-order valence-electron chi connectivity index (χ4n) is 6.49. The number of fused-ring (bicyclic) bond motifs is 9. The lowest BCUT2D eigenvalue weighted by Crippen LogP contribution is -1.97. The normalized spacial score (nSPS) is 11.8. The van der Waals surface area contributed by atoms with Gasteiger partial charge < -0.3 is 4.57 Å². The zero-order valence-electron chi connectivity index (χ0n) is 22.7. The summed E-state index contributed by atoms with van der Waals surface area (Å²) in [5, 5.41) is 6.13. The minimum atomic E-state index is 1.06. The third-order valence-corrected chi connectivity index (χ3v) is 9.60. The lowest BCUT2D eigenvalue weighted by atomic mass is 9.98. The lowest BCUT2D eigenvalue weighted by molar-refractivity contribution is 1.19. The van der Waals surface area contributed by atoms with Crippen LogP contribution >= 0.6 is 11.3 Å². The molecule has 42 heavy (non-hydrogen) atoms. The Balaban J connectivity index is 1.42. The molecule has 2 nitrogen and oxygen atoms in total. The number of hydrogen-bond acceptors (Lipinski definition) is 2. The Bertz CT molecular complexity index is 2390. The molecule has 0 fully saturated rings. The van der Waals surface area contributed by atoms with Crippen molar-refractivity contribution in [2.75, 3.05) is 0 Å². The van der Waals surface area contributed by atoms with E-state index in [4.69, 9.17) is 4.98 Å². The second-order valence-corrected chi connectivity index (χ2v) is 11.9. The predicted octanol–water partition coefficient (Wildman–Crippen LogP) is 11.0. The minimum Gasteiger partial charge on any atom is -0.308 e. The van der Waals surface area contributed by atoms with Gasteiger partial charge in [0.2, 0.25) is 0 Å². The van der Waals surface area contributed by atoms with Crippen LogP contribution in [0, 0.1) is 0 Å². The summed E-state index contributed by atoms with van der Waals surface area (Å²) in [6.45, 7) is 0. The molecule has 9 rings (SSSR count). The van der Waals surface area contributed by atoms with Crippen molar-refractivity contribution in [1.29, 1.82) is 0 Å². The van der Waals surface area contributed by atoms with Gasteiger partial charge in [-0.05, 0) is 58.7 Å². The first kappa shape index (κ1) is 23.5. The van der Waals surface area contributed by atoms with Crippen molar-refractivity contribution in [2.24, 2.45) is 0 Å². The van der Waals surface area contributed by atoms with E-state index in [-0.39, 0.29) is 0 Å². The average molecular weight is 553 g/mol. The maximum absolute atomic E-state index is 5.12. The first-order valence-corrected chi connectivity index (χ1v) is 15.0. The molecule has 0 aliphatic carbocycles. The Kier molecular flexibility index (Phi) is 5.10. The van der Waals surface area contributed by atoms with E-state index in [1.807, 2.05) is 11.3 Å². The first-order chi connectivity index (χ1) is 20.8. The van der Waals surface area contributed by atoms with Crippen LogP contribution in [0.1, 0.15) is 0 Å². The molecule has 196 valence electrons. The summed E-state index contributed by atoms with van der Waals surface area (Å²) < 4.78 is 4.99. The van der Waals surface area contributed by atoms with E-state index in [0.717, 1.165) is 11.2 Å². The highest BCUT2D eigenvalue weighted by molar-refractivity contribution is 7.26. The first-order valence-electron chi connectivity index (χ1n) is 14.2. The smallest absolute Gasteiger partial charge is 0.0902 e. The van der Waals surface area contributed by atoms with Crippen molar-refractivity contribution in [3.8, 4) is 27.9 Å². The molecule has 9 aromatic rings. The molecule has 0 bridgehead atoms. The number of hydrogen-bond donors (Lipinski definition) is 0. The number of pyridine rings is 1. The van der Waals surface area contributed by atoms with E-state index in [1.54, 1.807) is 0 Å². The van der Waals surface area contributed by atoms with Gasteiger partial charge >= 0.3 is 0 Å². The molecule has 3 heterocycles. The van der Waals surface area contributed by atoms with Gasteiger partial charge in [-0.25, -0.2) is 0 Å². The molecular weight excluding hydrogens is 529 g/mol. The summed E-state index contributed by atoms with van der Waals surface area (Å²) in [6.07, 6.45) is 2.08. The van der Waals surface area contributed by atoms with Gasteiger partial charge in [-0.2, -0.15) is 0 Å². The van der Waals surface area contributed by atoms with Crippen molar-refractivity contribution in [3.63, 3.8) is 0 Å². The van der Waals surface area contributed by atoms with Crippen LogP contribution in [0.2, 0.25) is 0 Å². The third kappa shape index (κ3) is 3.47. The van der Waals surface area contributed by atoms with E-state index < -0.39 is 0 Å². The van der Waals surface area contributed by atoms with Crippen LogP contribution in [0.4, 0.5) is 0 Å². The average Bonchev–Trinajstić information content (AvgIpc) is 3.62. The molecule has 0 radical (unpaired) electrons. The van der Waals surface area contributed by atoms with Crippen molar-refractivity contribution >= 4 is 64.2 Å². The van der Waals surface area contributed by atoms with Crippen LogP contribution in [0.5, 0.6) is 0 Å². The zero-order chi connectivity index (χ0) is 27.6. The Morgan fingerprint density at radius 2 is 1.10 bits per heavy atom. The summed E-state index contributed by atoms with van der Waals surface area (Å²) in [4.78, 5) is 5.12. The topological polar surface area (TPSA) is 17.8 Å². The summed E-state index contributed by atoms with van der Waals surface area (Å²) in [5.41, 5.74) is 9.39. The molecule has 0 aliphatic rings. The number of para-hydroxylation sites is 1. The van der Waals surface area contributed by atoms with Crippen LogP contribution in [0.3, 0.4) is 0 Å². The Hall–Kier alpha value is -5.25. The van der Waals surface area contributed by atoms with Gasteiger partial charge in [0.15, 0.2) is 0 Å². The number of benzene rings is 6. The number of aromatic nitrogens is 2. The van der Waals surface area contributed by atoms with Gasteiger partial charge in [0, 0.05) is 43.5 Å². The van der Waals surface area contributed by atoms with Crippen LogP contribution in [0.25, 0.3) is 80.8 Å². The molecule has 0 unspecified atom stereocenters. The molecular formula is C39H24N2S. The summed E-state index contributed by atoms with van der Waals surface area (Å²) in [7, 11) is 0. The third-order valence-electron chi connectivity index (χ3n) is 8.40. The van der Waals surface area contributed by atoms with E-state index >= 15 is 0 Å². The highest BCUT2D eigenvalue weighted by Crippen LogP contribution is 2.42. The van der Waals surface area contributed by atoms with Crippen molar-refractivity contribution < 1.29 is 0 Å². The Morgan fingerprint density at radius 3 is 1.83 bits per heavy atom. The van der Waals surface area contributed by atoms with E-state index in [0.29, 0.717) is 0 Å². The fourth-order valence-corrected chi connectivity index (χ4v) is 7.69. The highest BCUT2D eigenvalue weighted by atomic mass is 32.1. The SMILES string of the molecule is c1ccc(-c2cc(-c3ccccc3)cc(-n3c4ccccc4c4cnc5c(ccc6c7ccccc7sc65)c43)c2)cc1. The van der Waals surface area contributed by atoms with E-state index in [2.05, 4.69) is 150 Å². The van der Waals surface area contributed by atoms with Gasteiger partial charge in [0.1, 0.15) is 0 Å².